The molecule has 7 nitrogen and oxygen atoms in total. The zero-order chi connectivity index (χ0) is 19.8. The molecule has 4 rings (SSSR count). The molecule has 0 radical (unpaired) electrons. The molecule has 3 heterocycles. The van der Waals surface area contributed by atoms with E-state index >= 15 is 0 Å². The minimum Gasteiger partial charge on any atom is -0.353 e. The third-order valence-electron chi connectivity index (χ3n) is 4.44. The maximum absolute atomic E-state index is 11.9. The fourth-order valence-electron chi connectivity index (χ4n) is 3.13. The highest BCUT2D eigenvalue weighted by Crippen LogP contribution is 2.27. The van der Waals surface area contributed by atoms with Crippen LogP contribution in [0.25, 0.3) is 22.4 Å². The highest BCUT2D eigenvalue weighted by atomic mass is 32.2. The van der Waals surface area contributed by atoms with Crippen molar-refractivity contribution in [3.05, 3.63) is 47.8 Å². The number of hydrogen-bond donors (Lipinski definition) is 1. The lowest BCUT2D eigenvalue weighted by molar-refractivity contribution is -0.119. The molecule has 28 heavy (non-hydrogen) atoms. The molecule has 1 N–H and O–H groups in total. The van der Waals surface area contributed by atoms with Crippen molar-refractivity contribution in [3.8, 4) is 11.3 Å². The van der Waals surface area contributed by atoms with Crippen LogP contribution in [0.4, 0.5) is 0 Å². The Hall–Kier alpha value is -2.87. The maximum Gasteiger partial charge on any atom is 0.230 e. The third-order valence-corrected chi connectivity index (χ3v) is 5.38. The van der Waals surface area contributed by atoms with Crippen molar-refractivity contribution in [1.29, 1.82) is 0 Å². The van der Waals surface area contributed by atoms with Crippen LogP contribution in [0.5, 0.6) is 0 Å². The summed E-state index contributed by atoms with van der Waals surface area (Å²) in [4.78, 5) is 11.9. The van der Waals surface area contributed by atoms with Crippen LogP contribution in [0, 0.1) is 13.8 Å². The van der Waals surface area contributed by atoms with Crippen LogP contribution < -0.4 is 5.32 Å². The first-order valence-corrected chi connectivity index (χ1v) is 10.1. The van der Waals surface area contributed by atoms with Crippen LogP contribution in [-0.4, -0.2) is 41.9 Å². The monoisotopic (exact) mass is 394 g/mol. The predicted octanol–water partition coefficient (Wildman–Crippen LogP) is 3.28. The molecule has 4 aromatic rings. The average Bonchev–Trinajstić information content (AvgIpc) is 3.24. The molecule has 1 aromatic carbocycles. The van der Waals surface area contributed by atoms with Crippen LogP contribution in [0.3, 0.4) is 0 Å². The highest BCUT2D eigenvalue weighted by Gasteiger charge is 2.15. The van der Waals surface area contributed by atoms with Crippen LogP contribution in [-0.2, 0) is 4.79 Å². The molecule has 0 aliphatic rings. The topological polar surface area (TPSA) is 76.6 Å². The van der Waals surface area contributed by atoms with E-state index < -0.39 is 0 Å². The largest absolute Gasteiger partial charge is 0.353 e. The fraction of sp³-hybridized carbons (Fsp3) is 0.300. The smallest absolute Gasteiger partial charge is 0.230 e. The maximum atomic E-state index is 11.9. The van der Waals surface area contributed by atoms with E-state index in [1.165, 1.54) is 22.9 Å². The number of hydrogen-bond acceptors (Lipinski definition) is 5. The quantitative estimate of drug-likeness (QED) is 0.526. The van der Waals surface area contributed by atoms with E-state index in [9.17, 15) is 4.79 Å². The zero-order valence-electron chi connectivity index (χ0n) is 16.3. The summed E-state index contributed by atoms with van der Waals surface area (Å²) in [5.41, 5.74) is 5.99. The number of thioether (sulfide) groups is 1. The summed E-state index contributed by atoms with van der Waals surface area (Å²) < 4.78 is 3.72. The molecule has 0 spiro atoms. The molecule has 0 atom stereocenters. The minimum atomic E-state index is -0.0145. The molecule has 0 fully saturated rings. The van der Waals surface area contributed by atoms with Crippen LogP contribution in [0.15, 0.2) is 41.8 Å². The lowest BCUT2D eigenvalue weighted by atomic mass is 10.0. The molecule has 0 aliphatic carbocycles. The van der Waals surface area contributed by atoms with Gasteiger partial charge in [-0.25, -0.2) is 4.52 Å². The first-order chi connectivity index (χ1) is 13.4. The number of aryl methyl sites for hydroxylation is 2. The van der Waals surface area contributed by atoms with Crippen molar-refractivity contribution in [2.24, 2.45) is 0 Å². The Morgan fingerprint density at radius 3 is 2.79 bits per heavy atom. The SMILES string of the molecule is Cc1ccc(C)c(-c2cc3c4nnc(SCC(=O)NC(C)C)n4ccn3n2)c1. The van der Waals surface area contributed by atoms with E-state index in [-0.39, 0.29) is 11.9 Å². The van der Waals surface area contributed by atoms with Gasteiger partial charge in [0.2, 0.25) is 5.91 Å². The molecule has 0 bridgehead atoms. The Bertz CT molecular complexity index is 1180. The van der Waals surface area contributed by atoms with E-state index in [0.717, 1.165) is 22.4 Å². The highest BCUT2D eigenvalue weighted by molar-refractivity contribution is 7.99. The van der Waals surface area contributed by atoms with Crippen molar-refractivity contribution < 1.29 is 4.79 Å². The van der Waals surface area contributed by atoms with Gasteiger partial charge < -0.3 is 5.32 Å². The standard InChI is InChI=1S/C20H22N6OS/c1-12(2)21-18(27)11-28-20-23-22-19-17-10-16(24-26(17)8-7-25(19)20)15-9-13(3)5-6-14(15)4/h5-10,12H,11H2,1-4H3,(H,21,27). The molecular formula is C20H22N6OS. The van der Waals surface area contributed by atoms with E-state index in [4.69, 9.17) is 5.10 Å². The normalized spacial score (nSPS) is 11.6. The van der Waals surface area contributed by atoms with Gasteiger partial charge in [0.15, 0.2) is 10.8 Å². The fourth-order valence-corrected chi connectivity index (χ4v) is 3.86. The summed E-state index contributed by atoms with van der Waals surface area (Å²) in [7, 11) is 0. The molecule has 144 valence electrons. The van der Waals surface area contributed by atoms with Gasteiger partial charge >= 0.3 is 0 Å². The zero-order valence-corrected chi connectivity index (χ0v) is 17.1. The molecule has 0 saturated carbocycles. The Labute approximate surface area is 167 Å². The minimum absolute atomic E-state index is 0.0145. The molecule has 0 saturated heterocycles. The van der Waals surface area contributed by atoms with Gasteiger partial charge in [0.25, 0.3) is 0 Å². The molecule has 3 aromatic heterocycles. The number of amides is 1. The van der Waals surface area contributed by atoms with Gasteiger partial charge in [-0.2, -0.15) is 5.10 Å². The second-order valence-electron chi connectivity index (χ2n) is 7.16. The number of benzene rings is 1. The molecule has 0 aliphatic heterocycles. The van der Waals surface area contributed by atoms with E-state index in [0.29, 0.717) is 10.9 Å². The average molecular weight is 395 g/mol. The summed E-state index contributed by atoms with van der Waals surface area (Å²) in [5.74, 6) is 0.288. The number of nitrogens with one attached hydrogen (secondary N) is 1. The Balaban J connectivity index is 1.69. The molecule has 8 heteroatoms. The van der Waals surface area contributed by atoms with E-state index in [2.05, 4.69) is 47.6 Å². The van der Waals surface area contributed by atoms with E-state index in [1.54, 1.807) is 0 Å². The number of nitrogens with zero attached hydrogens (tertiary/aromatic N) is 5. The second kappa shape index (κ2) is 7.27. The molecular weight excluding hydrogens is 372 g/mol. The van der Waals surface area contributed by atoms with Crippen LogP contribution in [0.2, 0.25) is 0 Å². The van der Waals surface area contributed by atoms with Crippen molar-refractivity contribution in [2.75, 3.05) is 5.75 Å². The van der Waals surface area contributed by atoms with Crippen molar-refractivity contribution in [3.63, 3.8) is 0 Å². The summed E-state index contributed by atoms with van der Waals surface area (Å²) >= 11 is 1.37. The van der Waals surface area contributed by atoms with Crippen molar-refractivity contribution in [2.45, 2.75) is 38.9 Å². The lowest BCUT2D eigenvalue weighted by Gasteiger charge is -2.07. The summed E-state index contributed by atoms with van der Waals surface area (Å²) in [6.45, 7) is 8.05. The first kappa shape index (κ1) is 18.5. The van der Waals surface area contributed by atoms with Gasteiger partial charge in [0.05, 0.1) is 11.4 Å². The summed E-state index contributed by atoms with van der Waals surface area (Å²) in [5, 5.41) is 16.9. The van der Waals surface area contributed by atoms with Gasteiger partial charge in [-0.1, -0.05) is 29.5 Å². The number of carbonyl (C=O) groups excluding carboxylic acids is 1. The summed E-state index contributed by atoms with van der Waals surface area (Å²) in [6, 6.07) is 8.51. The van der Waals surface area contributed by atoms with Gasteiger partial charge in [0.1, 0.15) is 5.52 Å². The molecule has 1 amide bonds. The first-order valence-electron chi connectivity index (χ1n) is 9.15. The van der Waals surface area contributed by atoms with Crippen LogP contribution in [0.1, 0.15) is 25.0 Å². The van der Waals surface area contributed by atoms with Crippen molar-refractivity contribution >= 4 is 28.8 Å². The van der Waals surface area contributed by atoms with Crippen molar-refractivity contribution in [1.82, 2.24) is 29.5 Å². The lowest BCUT2D eigenvalue weighted by Crippen LogP contribution is -2.31. The number of rotatable bonds is 5. The van der Waals surface area contributed by atoms with Gasteiger partial charge in [-0.15, -0.1) is 10.2 Å². The number of carbonyl (C=O) groups is 1. The molecule has 0 unspecified atom stereocenters. The predicted molar refractivity (Wildman–Crippen MR) is 111 cm³/mol. The third kappa shape index (κ3) is 3.47. The Kier molecular flexibility index (Phi) is 4.80. The number of fused-ring (bicyclic) bond motifs is 3. The second-order valence-corrected chi connectivity index (χ2v) is 8.11. The van der Waals surface area contributed by atoms with Crippen LogP contribution >= 0.6 is 11.8 Å². The Morgan fingerprint density at radius 2 is 2.00 bits per heavy atom. The van der Waals surface area contributed by atoms with Gasteiger partial charge in [-0.3, -0.25) is 9.20 Å². The van der Waals surface area contributed by atoms with Gasteiger partial charge in [-0.05, 0) is 45.4 Å². The number of aromatic nitrogens is 5. The van der Waals surface area contributed by atoms with E-state index in [1.807, 2.05) is 41.2 Å². The summed E-state index contributed by atoms with van der Waals surface area (Å²) in [6.07, 6.45) is 3.77. The van der Waals surface area contributed by atoms with Gasteiger partial charge in [0, 0.05) is 24.0 Å². The Morgan fingerprint density at radius 1 is 1.18 bits per heavy atom.